The Morgan fingerprint density at radius 3 is 2.47 bits per heavy atom. The minimum atomic E-state index is -3.39. The van der Waals surface area contributed by atoms with Crippen molar-refractivity contribution in [2.45, 2.75) is 43.5 Å². The van der Waals surface area contributed by atoms with E-state index in [4.69, 9.17) is 5.73 Å². The van der Waals surface area contributed by atoms with Gasteiger partial charge in [0.2, 0.25) is 10.0 Å². The van der Waals surface area contributed by atoms with Crippen LogP contribution in [0.5, 0.6) is 0 Å². The lowest BCUT2D eigenvalue weighted by Crippen LogP contribution is -2.34. The summed E-state index contributed by atoms with van der Waals surface area (Å²) in [5.74, 6) is 0.415. The summed E-state index contributed by atoms with van der Waals surface area (Å²) in [6.45, 7) is 2.33. The Hall–Kier alpha value is -0.910. The highest BCUT2D eigenvalue weighted by molar-refractivity contribution is 7.89. The van der Waals surface area contributed by atoms with Gasteiger partial charge in [0.25, 0.3) is 0 Å². The zero-order valence-electron chi connectivity index (χ0n) is 11.3. The van der Waals surface area contributed by atoms with E-state index >= 15 is 0 Å². The Kier molecular flexibility index (Phi) is 4.60. The molecule has 19 heavy (non-hydrogen) atoms. The maximum absolute atomic E-state index is 12.2. The standard InChI is InChI=1S/C14H22N2O2S/c1-11-4-2-3-5-14(11)19(17,18)16-10-12-6-8-13(15)9-7-12/h2-5,12-13,16H,6-10,15H2,1H3. The van der Waals surface area contributed by atoms with E-state index in [1.807, 2.05) is 19.1 Å². The molecule has 0 aromatic heterocycles. The molecule has 0 atom stereocenters. The average Bonchev–Trinajstić information content (AvgIpc) is 2.38. The maximum Gasteiger partial charge on any atom is 0.240 e. The molecule has 0 bridgehead atoms. The van der Waals surface area contributed by atoms with E-state index in [2.05, 4.69) is 4.72 Å². The summed E-state index contributed by atoms with van der Waals surface area (Å²) in [5.41, 5.74) is 6.63. The van der Waals surface area contributed by atoms with Crippen LogP contribution in [0.25, 0.3) is 0 Å². The number of benzene rings is 1. The smallest absolute Gasteiger partial charge is 0.240 e. The number of nitrogens with one attached hydrogen (secondary N) is 1. The van der Waals surface area contributed by atoms with Gasteiger partial charge in [-0.15, -0.1) is 0 Å². The molecule has 1 saturated carbocycles. The number of aryl methyl sites for hydroxylation is 1. The monoisotopic (exact) mass is 282 g/mol. The normalized spacial score (nSPS) is 24.3. The van der Waals surface area contributed by atoms with Gasteiger partial charge in [0.15, 0.2) is 0 Å². The predicted molar refractivity (Wildman–Crippen MR) is 76.3 cm³/mol. The van der Waals surface area contributed by atoms with Crippen molar-refractivity contribution in [1.29, 1.82) is 0 Å². The predicted octanol–water partition coefficient (Wildman–Crippen LogP) is 1.79. The van der Waals surface area contributed by atoms with Gasteiger partial charge in [-0.25, -0.2) is 13.1 Å². The summed E-state index contributed by atoms with van der Waals surface area (Å²) in [7, 11) is -3.39. The molecule has 0 spiro atoms. The molecule has 0 aliphatic heterocycles. The summed E-state index contributed by atoms with van der Waals surface area (Å²) in [4.78, 5) is 0.377. The van der Waals surface area contributed by atoms with Gasteiger partial charge >= 0.3 is 0 Å². The van der Waals surface area contributed by atoms with Crippen molar-refractivity contribution in [3.05, 3.63) is 29.8 Å². The summed E-state index contributed by atoms with van der Waals surface area (Å²) >= 11 is 0. The Bertz CT molecular complexity index is 520. The highest BCUT2D eigenvalue weighted by atomic mass is 32.2. The molecule has 4 nitrogen and oxygen atoms in total. The van der Waals surface area contributed by atoms with Crippen molar-refractivity contribution >= 4 is 10.0 Å². The fourth-order valence-corrected chi connectivity index (χ4v) is 3.92. The molecule has 0 unspecified atom stereocenters. The second kappa shape index (κ2) is 6.03. The van der Waals surface area contributed by atoms with Crippen molar-refractivity contribution in [3.63, 3.8) is 0 Å². The summed E-state index contributed by atoms with van der Waals surface area (Å²) < 4.78 is 27.2. The zero-order valence-corrected chi connectivity index (χ0v) is 12.1. The molecule has 0 radical (unpaired) electrons. The van der Waals surface area contributed by atoms with Crippen LogP contribution < -0.4 is 10.5 Å². The van der Waals surface area contributed by atoms with E-state index in [1.165, 1.54) is 0 Å². The molecule has 0 saturated heterocycles. The van der Waals surface area contributed by atoms with Crippen LogP contribution in [0.2, 0.25) is 0 Å². The first kappa shape index (κ1) is 14.5. The zero-order chi connectivity index (χ0) is 13.9. The molecule has 1 aromatic carbocycles. The van der Waals surface area contributed by atoms with Gasteiger partial charge in [-0.05, 0) is 50.2 Å². The van der Waals surface area contributed by atoms with E-state index in [0.29, 0.717) is 23.4 Å². The van der Waals surface area contributed by atoms with Gasteiger partial charge in [-0.3, -0.25) is 0 Å². The third kappa shape index (κ3) is 3.78. The third-order valence-corrected chi connectivity index (χ3v) is 5.42. The fourth-order valence-electron chi connectivity index (χ4n) is 2.56. The number of rotatable bonds is 4. The van der Waals surface area contributed by atoms with Crippen LogP contribution in [0.1, 0.15) is 31.2 Å². The minimum absolute atomic E-state index is 0.296. The first-order chi connectivity index (χ1) is 8.99. The third-order valence-electron chi connectivity index (χ3n) is 3.84. The van der Waals surface area contributed by atoms with E-state index in [9.17, 15) is 8.42 Å². The number of hydrogen-bond acceptors (Lipinski definition) is 3. The second-order valence-electron chi connectivity index (χ2n) is 5.40. The van der Waals surface area contributed by atoms with Gasteiger partial charge in [0.1, 0.15) is 0 Å². The topological polar surface area (TPSA) is 72.2 Å². The minimum Gasteiger partial charge on any atom is -0.328 e. The highest BCUT2D eigenvalue weighted by Gasteiger charge is 2.22. The summed E-state index contributed by atoms with van der Waals surface area (Å²) in [6, 6.07) is 7.35. The first-order valence-corrected chi connectivity index (χ1v) is 8.28. The molecule has 1 aromatic rings. The molecular formula is C14H22N2O2S. The highest BCUT2D eigenvalue weighted by Crippen LogP contribution is 2.23. The van der Waals surface area contributed by atoms with Crippen molar-refractivity contribution in [2.75, 3.05) is 6.54 Å². The Balaban J connectivity index is 1.97. The molecular weight excluding hydrogens is 260 g/mol. The van der Waals surface area contributed by atoms with Gasteiger partial charge < -0.3 is 5.73 Å². The fraction of sp³-hybridized carbons (Fsp3) is 0.571. The van der Waals surface area contributed by atoms with Crippen LogP contribution in [0, 0.1) is 12.8 Å². The Labute approximate surface area is 115 Å². The van der Waals surface area contributed by atoms with Gasteiger partial charge in [0, 0.05) is 12.6 Å². The largest absolute Gasteiger partial charge is 0.328 e. The van der Waals surface area contributed by atoms with E-state index in [1.54, 1.807) is 12.1 Å². The van der Waals surface area contributed by atoms with Crippen LogP contribution in [-0.2, 0) is 10.0 Å². The van der Waals surface area contributed by atoms with Crippen LogP contribution >= 0.6 is 0 Å². The lowest BCUT2D eigenvalue weighted by atomic mass is 9.87. The SMILES string of the molecule is Cc1ccccc1S(=O)(=O)NCC1CCC(N)CC1. The molecule has 0 amide bonds. The van der Waals surface area contributed by atoms with Gasteiger partial charge in [-0.1, -0.05) is 18.2 Å². The van der Waals surface area contributed by atoms with E-state index < -0.39 is 10.0 Å². The molecule has 0 heterocycles. The molecule has 1 fully saturated rings. The molecule has 2 rings (SSSR count). The van der Waals surface area contributed by atoms with Crippen LogP contribution in [0.15, 0.2) is 29.2 Å². The average molecular weight is 282 g/mol. The number of sulfonamides is 1. The molecule has 5 heteroatoms. The first-order valence-electron chi connectivity index (χ1n) is 6.80. The quantitative estimate of drug-likeness (QED) is 0.884. The van der Waals surface area contributed by atoms with Crippen LogP contribution in [0.4, 0.5) is 0 Å². The molecule has 106 valence electrons. The van der Waals surface area contributed by atoms with Crippen molar-refractivity contribution in [1.82, 2.24) is 4.72 Å². The van der Waals surface area contributed by atoms with Crippen LogP contribution in [0.3, 0.4) is 0 Å². The van der Waals surface area contributed by atoms with Crippen molar-refractivity contribution in [2.24, 2.45) is 11.7 Å². The number of nitrogens with two attached hydrogens (primary N) is 1. The summed E-state index contributed by atoms with van der Waals surface area (Å²) in [6.07, 6.45) is 4.02. The van der Waals surface area contributed by atoms with Crippen LogP contribution in [-0.4, -0.2) is 21.0 Å². The van der Waals surface area contributed by atoms with Crippen molar-refractivity contribution in [3.8, 4) is 0 Å². The number of hydrogen-bond donors (Lipinski definition) is 2. The van der Waals surface area contributed by atoms with Crippen molar-refractivity contribution < 1.29 is 8.42 Å². The molecule has 1 aliphatic rings. The maximum atomic E-state index is 12.2. The van der Waals surface area contributed by atoms with E-state index in [0.717, 1.165) is 31.2 Å². The lowest BCUT2D eigenvalue weighted by molar-refractivity contribution is 0.326. The Morgan fingerprint density at radius 1 is 1.21 bits per heavy atom. The van der Waals surface area contributed by atoms with Gasteiger partial charge in [-0.2, -0.15) is 0 Å². The molecule has 1 aliphatic carbocycles. The molecule has 3 N–H and O–H groups in total. The lowest BCUT2D eigenvalue weighted by Gasteiger charge is -2.26. The summed E-state index contributed by atoms with van der Waals surface area (Å²) in [5, 5.41) is 0. The van der Waals surface area contributed by atoms with E-state index in [-0.39, 0.29) is 0 Å². The Morgan fingerprint density at radius 2 is 1.84 bits per heavy atom. The second-order valence-corrected chi connectivity index (χ2v) is 7.13. The van der Waals surface area contributed by atoms with Gasteiger partial charge in [0.05, 0.1) is 4.90 Å².